The average molecular weight is 379 g/mol. The Kier molecular flexibility index (Phi) is 7.62. The molecule has 0 atom stereocenters. The van der Waals surface area contributed by atoms with E-state index in [0.717, 1.165) is 17.0 Å². The van der Waals surface area contributed by atoms with Crippen molar-refractivity contribution in [2.45, 2.75) is 19.8 Å². The van der Waals surface area contributed by atoms with E-state index in [2.05, 4.69) is 5.32 Å². The molecule has 0 aromatic heterocycles. The molecule has 0 heterocycles. The van der Waals surface area contributed by atoms with Gasteiger partial charge in [0.1, 0.15) is 11.5 Å². The molecule has 9 heteroatoms. The molecule has 7 nitrogen and oxygen atoms in total. The second kappa shape index (κ2) is 8.98. The molecule has 0 unspecified atom stereocenters. The number of methoxy groups -OCH3 is 2. The van der Waals surface area contributed by atoms with Crippen LogP contribution in [0.2, 0.25) is 5.02 Å². The van der Waals surface area contributed by atoms with Crippen LogP contribution in [0.4, 0.5) is 5.69 Å². The van der Waals surface area contributed by atoms with E-state index in [0.29, 0.717) is 17.3 Å². The molecule has 1 N–H and O–H groups in total. The number of halogens is 1. The molecule has 0 aliphatic carbocycles. The summed E-state index contributed by atoms with van der Waals surface area (Å²) in [4.78, 5) is 11.8. The Morgan fingerprint density at radius 1 is 1.25 bits per heavy atom. The Morgan fingerprint density at radius 3 is 2.38 bits per heavy atom. The van der Waals surface area contributed by atoms with Gasteiger partial charge in [0.2, 0.25) is 15.9 Å². The summed E-state index contributed by atoms with van der Waals surface area (Å²) in [5, 5.41) is 3.01. The first-order valence-corrected chi connectivity index (χ1v) is 9.63. The van der Waals surface area contributed by atoms with Crippen LogP contribution in [0.3, 0.4) is 0 Å². The SMILES string of the molecule is CCCNC(=O)CCN(c1cc(OC)c(Cl)cc1OC)S(C)(=O)=O. The molecule has 1 aromatic carbocycles. The normalized spacial score (nSPS) is 11.0. The van der Waals surface area contributed by atoms with Crippen LogP contribution in [-0.4, -0.2) is 47.9 Å². The third-order valence-corrected chi connectivity index (χ3v) is 4.71. The number of benzene rings is 1. The average Bonchev–Trinajstić information content (AvgIpc) is 2.52. The Labute approximate surface area is 147 Å². The lowest BCUT2D eigenvalue weighted by atomic mass is 10.2. The van der Waals surface area contributed by atoms with Gasteiger partial charge in [-0.25, -0.2) is 8.42 Å². The van der Waals surface area contributed by atoms with Gasteiger partial charge in [-0.2, -0.15) is 0 Å². The zero-order valence-corrected chi connectivity index (χ0v) is 15.8. The Bertz CT molecular complexity index is 679. The van der Waals surface area contributed by atoms with Crippen LogP contribution in [0.5, 0.6) is 11.5 Å². The van der Waals surface area contributed by atoms with Crippen LogP contribution in [0.1, 0.15) is 19.8 Å². The summed E-state index contributed by atoms with van der Waals surface area (Å²) < 4.78 is 35.8. The van der Waals surface area contributed by atoms with Crippen molar-refractivity contribution in [3.63, 3.8) is 0 Å². The monoisotopic (exact) mass is 378 g/mol. The van der Waals surface area contributed by atoms with Gasteiger partial charge in [0.25, 0.3) is 0 Å². The van der Waals surface area contributed by atoms with E-state index >= 15 is 0 Å². The third kappa shape index (κ3) is 5.45. The number of nitrogens with zero attached hydrogens (tertiary/aromatic N) is 1. The summed E-state index contributed by atoms with van der Waals surface area (Å²) in [5.41, 5.74) is 0.268. The lowest BCUT2D eigenvalue weighted by Crippen LogP contribution is -2.35. The number of ether oxygens (including phenoxy) is 2. The quantitative estimate of drug-likeness (QED) is 0.710. The summed E-state index contributed by atoms with van der Waals surface area (Å²) in [6.07, 6.45) is 1.91. The van der Waals surface area contributed by atoms with Gasteiger partial charge >= 0.3 is 0 Å². The van der Waals surface area contributed by atoms with Crippen LogP contribution in [0.15, 0.2) is 12.1 Å². The molecule has 24 heavy (non-hydrogen) atoms. The predicted octanol–water partition coefficient (Wildman–Crippen LogP) is 2.04. The predicted molar refractivity (Wildman–Crippen MR) is 94.7 cm³/mol. The molecule has 0 saturated carbocycles. The molecule has 0 spiro atoms. The number of carbonyl (C=O) groups is 1. The molecule has 0 fully saturated rings. The van der Waals surface area contributed by atoms with Crippen molar-refractivity contribution in [3.8, 4) is 11.5 Å². The van der Waals surface area contributed by atoms with Gasteiger partial charge in [0, 0.05) is 31.6 Å². The van der Waals surface area contributed by atoms with Gasteiger partial charge in [0.05, 0.1) is 31.2 Å². The summed E-state index contributed by atoms with van der Waals surface area (Å²) in [5.74, 6) is 0.377. The number of rotatable bonds is 9. The van der Waals surface area contributed by atoms with Crippen molar-refractivity contribution in [2.24, 2.45) is 0 Å². The maximum absolute atomic E-state index is 12.2. The van der Waals surface area contributed by atoms with Crippen molar-refractivity contribution in [1.29, 1.82) is 0 Å². The highest BCUT2D eigenvalue weighted by Crippen LogP contribution is 2.39. The fourth-order valence-electron chi connectivity index (χ4n) is 2.06. The third-order valence-electron chi connectivity index (χ3n) is 3.24. The van der Waals surface area contributed by atoms with Crippen molar-refractivity contribution >= 4 is 33.2 Å². The molecule has 1 rings (SSSR count). The highest BCUT2D eigenvalue weighted by Gasteiger charge is 2.24. The van der Waals surface area contributed by atoms with E-state index in [4.69, 9.17) is 21.1 Å². The van der Waals surface area contributed by atoms with Crippen LogP contribution in [0.25, 0.3) is 0 Å². The number of anilines is 1. The van der Waals surface area contributed by atoms with Gasteiger partial charge in [-0.1, -0.05) is 18.5 Å². The van der Waals surface area contributed by atoms with Crippen molar-refractivity contribution in [1.82, 2.24) is 5.32 Å². The molecular formula is C15H23ClN2O5S. The van der Waals surface area contributed by atoms with Gasteiger partial charge in [-0.05, 0) is 6.42 Å². The lowest BCUT2D eigenvalue weighted by Gasteiger charge is -2.25. The number of sulfonamides is 1. The minimum atomic E-state index is -3.63. The van der Waals surface area contributed by atoms with Crippen LogP contribution < -0.4 is 19.1 Å². The summed E-state index contributed by atoms with van der Waals surface area (Å²) in [6.45, 7) is 2.47. The van der Waals surface area contributed by atoms with Crippen LogP contribution in [0, 0.1) is 0 Å². The van der Waals surface area contributed by atoms with Gasteiger partial charge in [-0.15, -0.1) is 0 Å². The second-order valence-corrected chi connectivity index (χ2v) is 7.41. The minimum absolute atomic E-state index is 0.0183. The topological polar surface area (TPSA) is 84.9 Å². The number of hydrogen-bond acceptors (Lipinski definition) is 5. The van der Waals surface area contributed by atoms with Crippen LogP contribution >= 0.6 is 11.6 Å². The van der Waals surface area contributed by atoms with Crippen molar-refractivity contribution in [3.05, 3.63) is 17.2 Å². The molecule has 0 saturated heterocycles. The molecule has 1 aromatic rings. The smallest absolute Gasteiger partial charge is 0.232 e. The van der Waals surface area contributed by atoms with Gasteiger partial charge in [0.15, 0.2) is 0 Å². The highest BCUT2D eigenvalue weighted by molar-refractivity contribution is 7.92. The molecule has 0 radical (unpaired) electrons. The van der Waals surface area contributed by atoms with Crippen molar-refractivity contribution in [2.75, 3.05) is 37.9 Å². The first kappa shape index (κ1) is 20.4. The van der Waals surface area contributed by atoms with E-state index in [1.54, 1.807) is 0 Å². The first-order chi connectivity index (χ1) is 11.2. The minimum Gasteiger partial charge on any atom is -0.495 e. The standard InChI is InChI=1S/C15H23ClN2O5S/c1-5-7-17-15(19)6-8-18(24(4,20)21)12-10-13(22-2)11(16)9-14(12)23-3/h9-10H,5-8H2,1-4H3,(H,17,19). The molecule has 0 aliphatic rings. The van der Waals surface area contributed by atoms with E-state index in [1.807, 2.05) is 6.92 Å². The summed E-state index contributed by atoms with van der Waals surface area (Å²) in [6, 6.07) is 2.96. The van der Waals surface area contributed by atoms with Gasteiger partial charge < -0.3 is 14.8 Å². The second-order valence-electron chi connectivity index (χ2n) is 5.09. The van der Waals surface area contributed by atoms with E-state index in [9.17, 15) is 13.2 Å². The van der Waals surface area contributed by atoms with Crippen LogP contribution in [-0.2, 0) is 14.8 Å². The Balaban J connectivity index is 3.15. The Morgan fingerprint density at radius 2 is 1.88 bits per heavy atom. The summed E-state index contributed by atoms with van der Waals surface area (Å²) in [7, 11) is -0.786. The fourth-order valence-corrected chi connectivity index (χ4v) is 3.21. The molecule has 1 amide bonds. The summed E-state index contributed by atoms with van der Waals surface area (Å²) >= 11 is 6.05. The molecular weight excluding hydrogens is 356 g/mol. The number of amides is 1. The first-order valence-electron chi connectivity index (χ1n) is 7.40. The van der Waals surface area contributed by atoms with Crippen molar-refractivity contribution < 1.29 is 22.7 Å². The van der Waals surface area contributed by atoms with E-state index < -0.39 is 10.0 Å². The number of carbonyl (C=O) groups excluding carboxylic acids is 1. The lowest BCUT2D eigenvalue weighted by molar-refractivity contribution is -0.120. The van der Waals surface area contributed by atoms with E-state index in [1.165, 1.54) is 26.4 Å². The van der Waals surface area contributed by atoms with E-state index in [-0.39, 0.29) is 30.3 Å². The fraction of sp³-hybridized carbons (Fsp3) is 0.533. The molecule has 0 aliphatic heterocycles. The maximum atomic E-state index is 12.2. The maximum Gasteiger partial charge on any atom is 0.232 e. The van der Waals surface area contributed by atoms with Gasteiger partial charge in [-0.3, -0.25) is 9.10 Å². The zero-order chi connectivity index (χ0) is 18.3. The number of hydrogen-bond donors (Lipinski definition) is 1. The Hall–Kier alpha value is -1.67. The molecule has 0 bridgehead atoms. The molecule has 136 valence electrons. The largest absolute Gasteiger partial charge is 0.495 e. The highest BCUT2D eigenvalue weighted by atomic mass is 35.5. The number of nitrogens with one attached hydrogen (secondary N) is 1. The zero-order valence-electron chi connectivity index (χ0n) is 14.3.